The Morgan fingerprint density at radius 1 is 1.31 bits per heavy atom. The third-order valence-corrected chi connectivity index (χ3v) is 2.14. The van der Waals surface area contributed by atoms with Crippen molar-refractivity contribution in [1.82, 2.24) is 10.6 Å². The van der Waals surface area contributed by atoms with Gasteiger partial charge in [-0.15, -0.1) is 0 Å². The number of hydrogen-bond acceptors (Lipinski definition) is 5. The van der Waals surface area contributed by atoms with E-state index in [4.69, 9.17) is 4.74 Å². The molecule has 0 aliphatic heterocycles. The summed E-state index contributed by atoms with van der Waals surface area (Å²) in [5.41, 5.74) is 0. The van der Waals surface area contributed by atoms with E-state index in [-0.39, 0.29) is 18.4 Å². The second-order valence-electron chi connectivity index (χ2n) is 3.46. The Hall–Kier alpha value is -1.14. The molecule has 0 aliphatic rings. The zero-order chi connectivity index (χ0) is 12.6. The molecule has 0 aromatic heterocycles. The Balaban J connectivity index is 4.01. The van der Waals surface area contributed by atoms with Crippen LogP contribution in [-0.4, -0.2) is 51.8 Å². The van der Waals surface area contributed by atoms with E-state index in [0.29, 0.717) is 6.61 Å². The Kier molecular flexibility index (Phi) is 7.49. The minimum absolute atomic E-state index is 0.0603. The molecule has 0 heterocycles. The van der Waals surface area contributed by atoms with E-state index in [2.05, 4.69) is 15.4 Å². The number of amides is 1. The third kappa shape index (κ3) is 5.67. The van der Waals surface area contributed by atoms with Crippen LogP contribution in [0.1, 0.15) is 13.3 Å². The minimum atomic E-state index is -0.627. The minimum Gasteiger partial charge on any atom is -0.467 e. The first-order valence-electron chi connectivity index (χ1n) is 5.08. The smallest absolute Gasteiger partial charge is 0.328 e. The monoisotopic (exact) mass is 232 g/mol. The van der Waals surface area contributed by atoms with Crippen LogP contribution >= 0.6 is 0 Å². The molecular formula is C10H20N2O4. The molecule has 0 unspecified atom stereocenters. The topological polar surface area (TPSA) is 76.7 Å². The predicted octanol–water partition coefficient (Wildman–Crippen LogP) is -0.711. The summed E-state index contributed by atoms with van der Waals surface area (Å²) in [5.74, 6) is -0.671. The normalized spacial score (nSPS) is 14.0. The van der Waals surface area contributed by atoms with Crippen LogP contribution in [0.4, 0.5) is 0 Å². The Bertz CT molecular complexity index is 233. The summed E-state index contributed by atoms with van der Waals surface area (Å²) in [6.45, 7) is 2.02. The van der Waals surface area contributed by atoms with Gasteiger partial charge in [0.05, 0.1) is 13.7 Å². The molecule has 0 aromatic carbocycles. The van der Waals surface area contributed by atoms with Crippen LogP contribution in [0, 0.1) is 0 Å². The van der Waals surface area contributed by atoms with Crippen molar-refractivity contribution < 1.29 is 19.1 Å². The van der Waals surface area contributed by atoms with Crippen molar-refractivity contribution in [3.05, 3.63) is 0 Å². The van der Waals surface area contributed by atoms with Gasteiger partial charge in [0.1, 0.15) is 6.04 Å². The van der Waals surface area contributed by atoms with E-state index >= 15 is 0 Å². The Morgan fingerprint density at radius 2 is 1.94 bits per heavy atom. The van der Waals surface area contributed by atoms with Crippen LogP contribution in [0.3, 0.4) is 0 Å². The first-order valence-corrected chi connectivity index (χ1v) is 5.08. The number of rotatable bonds is 7. The van der Waals surface area contributed by atoms with Gasteiger partial charge in [0.15, 0.2) is 0 Å². The lowest BCUT2D eigenvalue weighted by Gasteiger charge is -2.16. The van der Waals surface area contributed by atoms with E-state index in [1.54, 1.807) is 21.1 Å². The highest BCUT2D eigenvalue weighted by molar-refractivity contribution is 5.84. The summed E-state index contributed by atoms with van der Waals surface area (Å²) >= 11 is 0. The maximum atomic E-state index is 11.5. The fraction of sp³-hybridized carbons (Fsp3) is 0.800. The van der Waals surface area contributed by atoms with Crippen molar-refractivity contribution in [2.75, 3.05) is 27.9 Å². The van der Waals surface area contributed by atoms with Gasteiger partial charge in [-0.3, -0.25) is 4.79 Å². The van der Waals surface area contributed by atoms with E-state index in [1.807, 2.05) is 0 Å². The zero-order valence-electron chi connectivity index (χ0n) is 10.2. The van der Waals surface area contributed by atoms with Gasteiger partial charge in [-0.25, -0.2) is 4.79 Å². The standard InChI is InChI=1S/C10H20N2O4/c1-7(10(14)16-4)12-9(13)5-8(11-2)6-15-3/h7-8,11H,5-6H2,1-4H3,(H,12,13)/t7-,8+/m1/s1. The fourth-order valence-corrected chi connectivity index (χ4v) is 1.21. The van der Waals surface area contributed by atoms with Gasteiger partial charge >= 0.3 is 5.97 Å². The van der Waals surface area contributed by atoms with Crippen molar-refractivity contribution in [2.45, 2.75) is 25.4 Å². The van der Waals surface area contributed by atoms with E-state index in [0.717, 1.165) is 0 Å². The second kappa shape index (κ2) is 8.06. The molecule has 0 saturated carbocycles. The molecular weight excluding hydrogens is 212 g/mol. The molecule has 94 valence electrons. The molecule has 16 heavy (non-hydrogen) atoms. The van der Waals surface area contributed by atoms with Gasteiger partial charge in [0, 0.05) is 19.6 Å². The molecule has 0 spiro atoms. The third-order valence-electron chi connectivity index (χ3n) is 2.14. The largest absolute Gasteiger partial charge is 0.467 e. The molecule has 2 atom stereocenters. The number of methoxy groups -OCH3 is 2. The number of carbonyl (C=O) groups is 2. The van der Waals surface area contributed by atoms with Crippen molar-refractivity contribution in [3.8, 4) is 0 Å². The van der Waals surface area contributed by atoms with Gasteiger partial charge in [-0.1, -0.05) is 0 Å². The first kappa shape index (κ1) is 14.9. The molecule has 6 heteroatoms. The number of esters is 1. The lowest BCUT2D eigenvalue weighted by atomic mass is 10.2. The molecule has 6 nitrogen and oxygen atoms in total. The average Bonchev–Trinajstić information content (AvgIpc) is 2.27. The zero-order valence-corrected chi connectivity index (χ0v) is 10.2. The van der Waals surface area contributed by atoms with Crippen LogP contribution in [0.25, 0.3) is 0 Å². The average molecular weight is 232 g/mol. The van der Waals surface area contributed by atoms with Crippen molar-refractivity contribution in [1.29, 1.82) is 0 Å². The van der Waals surface area contributed by atoms with E-state index < -0.39 is 12.0 Å². The summed E-state index contributed by atoms with van der Waals surface area (Å²) in [4.78, 5) is 22.6. The van der Waals surface area contributed by atoms with E-state index in [1.165, 1.54) is 7.11 Å². The number of nitrogens with one attached hydrogen (secondary N) is 2. The van der Waals surface area contributed by atoms with Gasteiger partial charge in [-0.05, 0) is 14.0 Å². The molecule has 0 fully saturated rings. The molecule has 0 rings (SSSR count). The Labute approximate surface area is 95.7 Å². The predicted molar refractivity (Wildman–Crippen MR) is 59.0 cm³/mol. The quantitative estimate of drug-likeness (QED) is 0.567. The summed E-state index contributed by atoms with van der Waals surface area (Å²) in [6, 6.07) is -0.688. The highest BCUT2D eigenvalue weighted by atomic mass is 16.5. The second-order valence-corrected chi connectivity index (χ2v) is 3.46. The van der Waals surface area contributed by atoms with Gasteiger partial charge < -0.3 is 20.1 Å². The van der Waals surface area contributed by atoms with Crippen LogP contribution in [0.2, 0.25) is 0 Å². The molecule has 2 N–H and O–H groups in total. The van der Waals surface area contributed by atoms with Crippen molar-refractivity contribution in [3.63, 3.8) is 0 Å². The van der Waals surface area contributed by atoms with Crippen LogP contribution in [0.5, 0.6) is 0 Å². The number of carbonyl (C=O) groups excluding carboxylic acids is 2. The molecule has 0 bridgehead atoms. The summed E-state index contributed by atoms with van der Waals surface area (Å²) in [5, 5.41) is 5.49. The maximum Gasteiger partial charge on any atom is 0.328 e. The lowest BCUT2D eigenvalue weighted by molar-refractivity contribution is -0.144. The van der Waals surface area contributed by atoms with Gasteiger partial charge in [-0.2, -0.15) is 0 Å². The molecule has 0 radical (unpaired) electrons. The lowest BCUT2D eigenvalue weighted by Crippen LogP contribution is -2.43. The SMILES string of the molecule is CN[C@H](COC)CC(=O)N[C@H](C)C(=O)OC. The number of likely N-dealkylation sites (N-methyl/N-ethyl adjacent to an activating group) is 1. The number of ether oxygens (including phenoxy) is 2. The van der Waals surface area contributed by atoms with E-state index in [9.17, 15) is 9.59 Å². The van der Waals surface area contributed by atoms with Crippen LogP contribution in [-0.2, 0) is 19.1 Å². The molecule has 0 saturated heterocycles. The highest BCUT2D eigenvalue weighted by Crippen LogP contribution is 1.94. The van der Waals surface area contributed by atoms with Crippen LogP contribution in [0.15, 0.2) is 0 Å². The molecule has 0 aliphatic carbocycles. The Morgan fingerprint density at radius 3 is 2.38 bits per heavy atom. The summed E-state index contributed by atoms with van der Waals surface area (Å²) in [7, 11) is 4.60. The first-order chi connectivity index (χ1) is 7.54. The fourth-order valence-electron chi connectivity index (χ4n) is 1.21. The number of hydrogen-bond donors (Lipinski definition) is 2. The van der Waals surface area contributed by atoms with Crippen LogP contribution < -0.4 is 10.6 Å². The van der Waals surface area contributed by atoms with Crippen molar-refractivity contribution >= 4 is 11.9 Å². The maximum absolute atomic E-state index is 11.5. The van der Waals surface area contributed by atoms with Gasteiger partial charge in [0.25, 0.3) is 0 Å². The molecule has 1 amide bonds. The highest BCUT2D eigenvalue weighted by Gasteiger charge is 2.18. The van der Waals surface area contributed by atoms with Gasteiger partial charge in [0.2, 0.25) is 5.91 Å². The van der Waals surface area contributed by atoms with Crippen molar-refractivity contribution in [2.24, 2.45) is 0 Å². The molecule has 0 aromatic rings. The summed E-state index contributed by atoms with van der Waals surface area (Å²) < 4.78 is 9.43. The summed E-state index contributed by atoms with van der Waals surface area (Å²) in [6.07, 6.45) is 0.256.